The Bertz CT molecular complexity index is 35.2. The van der Waals surface area contributed by atoms with Crippen molar-refractivity contribution in [3.05, 3.63) is 6.42 Å². The molecule has 1 atom stereocenters. The van der Waals surface area contributed by atoms with Gasteiger partial charge in [-0.25, -0.2) is 0 Å². The van der Waals surface area contributed by atoms with Crippen LogP contribution in [0.15, 0.2) is 0 Å². The summed E-state index contributed by atoms with van der Waals surface area (Å²) in [7, 11) is 0. The van der Waals surface area contributed by atoms with Gasteiger partial charge in [-0.3, -0.25) is 0 Å². The topological polar surface area (TPSA) is 0 Å². The summed E-state index contributed by atoms with van der Waals surface area (Å²) in [6, 6.07) is 0. The molecular weight excluding hydrogens is 152 g/mol. The van der Waals surface area contributed by atoms with E-state index in [9.17, 15) is 0 Å². The van der Waals surface area contributed by atoms with Crippen molar-refractivity contribution in [1.29, 1.82) is 0 Å². The molecular formula is C6H12Br. The lowest BCUT2D eigenvalue weighted by Crippen LogP contribution is -1.91. The maximum atomic E-state index is 3.37. The molecule has 0 aliphatic carbocycles. The minimum atomic E-state index is 0.777. The second kappa shape index (κ2) is 4.63. The first-order valence-electron chi connectivity index (χ1n) is 2.66. The fourth-order valence-corrected chi connectivity index (χ4v) is 1.06. The predicted octanol–water partition coefficient (Wildman–Crippen LogP) is 2.63. The molecule has 0 aliphatic heterocycles. The van der Waals surface area contributed by atoms with E-state index in [1.165, 1.54) is 6.42 Å². The fraction of sp³-hybridized carbons (Fsp3) is 0.833. The van der Waals surface area contributed by atoms with Gasteiger partial charge in [-0.05, 0) is 18.8 Å². The molecule has 1 heteroatoms. The van der Waals surface area contributed by atoms with E-state index in [2.05, 4.69) is 36.2 Å². The van der Waals surface area contributed by atoms with E-state index >= 15 is 0 Å². The van der Waals surface area contributed by atoms with Crippen molar-refractivity contribution in [1.82, 2.24) is 0 Å². The predicted molar refractivity (Wildman–Crippen MR) is 37.5 cm³/mol. The third-order valence-electron chi connectivity index (χ3n) is 1.13. The number of rotatable bonds is 3. The molecule has 0 saturated carbocycles. The Morgan fingerprint density at radius 3 is 2.43 bits per heavy atom. The second-order valence-corrected chi connectivity index (χ2v) is 2.58. The Morgan fingerprint density at radius 2 is 2.29 bits per heavy atom. The molecule has 1 radical (unpaired) electrons. The van der Waals surface area contributed by atoms with E-state index < -0.39 is 0 Å². The summed E-state index contributed by atoms with van der Waals surface area (Å²) < 4.78 is 0. The lowest BCUT2D eigenvalue weighted by Gasteiger charge is -2.01. The van der Waals surface area contributed by atoms with Gasteiger partial charge in [-0.1, -0.05) is 29.8 Å². The zero-order chi connectivity index (χ0) is 5.70. The Kier molecular flexibility index (Phi) is 4.95. The number of hydrogen-bond donors (Lipinski definition) is 0. The highest BCUT2D eigenvalue weighted by molar-refractivity contribution is 9.09. The van der Waals surface area contributed by atoms with Gasteiger partial charge in [0.15, 0.2) is 0 Å². The number of hydrogen-bond acceptors (Lipinski definition) is 0. The van der Waals surface area contributed by atoms with Crippen molar-refractivity contribution in [3.63, 3.8) is 0 Å². The van der Waals surface area contributed by atoms with Crippen molar-refractivity contribution < 1.29 is 0 Å². The van der Waals surface area contributed by atoms with Crippen molar-refractivity contribution in [2.75, 3.05) is 5.33 Å². The molecule has 0 heterocycles. The number of alkyl halides is 1. The van der Waals surface area contributed by atoms with E-state index in [4.69, 9.17) is 0 Å². The van der Waals surface area contributed by atoms with Crippen molar-refractivity contribution in [3.8, 4) is 0 Å². The molecule has 1 unspecified atom stereocenters. The molecule has 0 aromatic rings. The summed E-state index contributed by atoms with van der Waals surface area (Å²) in [6.45, 7) is 4.33. The van der Waals surface area contributed by atoms with Crippen molar-refractivity contribution in [2.45, 2.75) is 20.3 Å². The third-order valence-corrected chi connectivity index (χ3v) is 1.59. The Morgan fingerprint density at radius 1 is 1.71 bits per heavy atom. The summed E-state index contributed by atoms with van der Waals surface area (Å²) in [5.74, 6) is 0.777. The van der Waals surface area contributed by atoms with Gasteiger partial charge in [0, 0.05) is 5.33 Å². The third kappa shape index (κ3) is 4.33. The standard InChI is InChI=1S/C6H12Br/c1-3-6(2)4-5-7/h3,6H,4-5H2,1-2H3. The zero-order valence-electron chi connectivity index (χ0n) is 4.95. The SMILES string of the molecule is C[CH]C(C)CCBr. The highest BCUT2D eigenvalue weighted by atomic mass is 79.9. The minimum Gasteiger partial charge on any atom is -0.0928 e. The lowest BCUT2D eigenvalue weighted by molar-refractivity contribution is 0.657. The van der Waals surface area contributed by atoms with E-state index in [-0.39, 0.29) is 0 Å². The first kappa shape index (κ1) is 7.48. The Balaban J connectivity index is 2.83. The molecule has 43 valence electrons. The molecule has 0 spiro atoms. The highest BCUT2D eigenvalue weighted by Crippen LogP contribution is 2.05. The number of halogens is 1. The van der Waals surface area contributed by atoms with Gasteiger partial charge in [0.1, 0.15) is 0 Å². The molecule has 0 bridgehead atoms. The van der Waals surface area contributed by atoms with Gasteiger partial charge >= 0.3 is 0 Å². The molecule has 0 nitrogen and oxygen atoms in total. The minimum absolute atomic E-state index is 0.777. The van der Waals surface area contributed by atoms with Crippen LogP contribution in [-0.4, -0.2) is 5.33 Å². The van der Waals surface area contributed by atoms with Crippen LogP contribution >= 0.6 is 15.9 Å². The molecule has 0 fully saturated rings. The normalized spacial score (nSPS) is 14.1. The van der Waals surface area contributed by atoms with Gasteiger partial charge < -0.3 is 0 Å². The van der Waals surface area contributed by atoms with E-state index in [0.717, 1.165) is 11.2 Å². The summed E-state index contributed by atoms with van der Waals surface area (Å²) in [5, 5.41) is 1.12. The second-order valence-electron chi connectivity index (χ2n) is 1.79. The van der Waals surface area contributed by atoms with Gasteiger partial charge in [-0.15, -0.1) is 0 Å². The fourth-order valence-electron chi connectivity index (χ4n) is 0.339. The highest BCUT2D eigenvalue weighted by Gasteiger charge is 1.93. The first-order valence-corrected chi connectivity index (χ1v) is 3.79. The van der Waals surface area contributed by atoms with Crippen LogP contribution in [0, 0.1) is 12.3 Å². The van der Waals surface area contributed by atoms with E-state index in [1.807, 2.05) is 0 Å². The van der Waals surface area contributed by atoms with E-state index in [1.54, 1.807) is 0 Å². The Labute approximate surface area is 54.4 Å². The average molecular weight is 164 g/mol. The largest absolute Gasteiger partial charge is 0.0928 e. The molecule has 0 aromatic heterocycles. The summed E-state index contributed by atoms with van der Waals surface area (Å²) in [4.78, 5) is 0. The van der Waals surface area contributed by atoms with E-state index in [0.29, 0.717) is 0 Å². The van der Waals surface area contributed by atoms with Crippen LogP contribution in [0.1, 0.15) is 20.3 Å². The lowest BCUT2D eigenvalue weighted by atomic mass is 10.1. The zero-order valence-corrected chi connectivity index (χ0v) is 6.53. The van der Waals surface area contributed by atoms with Crippen LogP contribution in [-0.2, 0) is 0 Å². The van der Waals surface area contributed by atoms with Crippen LogP contribution in [0.4, 0.5) is 0 Å². The Hall–Kier alpha value is 0.480. The molecule has 0 N–H and O–H groups in total. The summed E-state index contributed by atoms with van der Waals surface area (Å²) in [5.41, 5.74) is 0. The van der Waals surface area contributed by atoms with Crippen LogP contribution < -0.4 is 0 Å². The maximum absolute atomic E-state index is 3.37. The van der Waals surface area contributed by atoms with Gasteiger partial charge in [0.25, 0.3) is 0 Å². The smallest absolute Gasteiger partial charge is 0.00339 e. The molecule has 0 aromatic carbocycles. The molecule has 0 rings (SSSR count). The quantitative estimate of drug-likeness (QED) is 0.562. The van der Waals surface area contributed by atoms with Gasteiger partial charge in [-0.2, -0.15) is 0 Å². The summed E-state index contributed by atoms with van der Waals surface area (Å²) >= 11 is 3.37. The van der Waals surface area contributed by atoms with Crippen molar-refractivity contribution >= 4 is 15.9 Å². The van der Waals surface area contributed by atoms with Crippen LogP contribution in [0.5, 0.6) is 0 Å². The van der Waals surface area contributed by atoms with Crippen LogP contribution in [0.3, 0.4) is 0 Å². The first-order chi connectivity index (χ1) is 3.31. The summed E-state index contributed by atoms with van der Waals surface area (Å²) in [6.07, 6.45) is 3.48. The monoisotopic (exact) mass is 163 g/mol. The van der Waals surface area contributed by atoms with Gasteiger partial charge in [0.2, 0.25) is 0 Å². The average Bonchev–Trinajstić information content (AvgIpc) is 1.68. The van der Waals surface area contributed by atoms with Gasteiger partial charge in [0.05, 0.1) is 0 Å². The maximum Gasteiger partial charge on any atom is 0.00339 e. The molecule has 7 heavy (non-hydrogen) atoms. The molecule has 0 aliphatic rings. The molecule has 0 amide bonds. The van der Waals surface area contributed by atoms with Crippen LogP contribution in [0.25, 0.3) is 0 Å². The van der Waals surface area contributed by atoms with Crippen LogP contribution in [0.2, 0.25) is 0 Å². The molecule has 0 saturated heterocycles. The van der Waals surface area contributed by atoms with Crippen molar-refractivity contribution in [2.24, 2.45) is 5.92 Å².